The fourth-order valence-corrected chi connectivity index (χ4v) is 1.78. The van der Waals surface area contributed by atoms with Crippen LogP contribution in [0.5, 0.6) is 0 Å². The van der Waals surface area contributed by atoms with Crippen LogP contribution in [0.2, 0.25) is 0 Å². The monoisotopic (exact) mass is 294 g/mol. The average molecular weight is 294 g/mol. The zero-order chi connectivity index (χ0) is 14.8. The van der Waals surface area contributed by atoms with E-state index in [0.717, 1.165) is 18.4 Å². The molecule has 20 heavy (non-hydrogen) atoms. The molecule has 0 aliphatic heterocycles. The number of hydrogen-bond acceptors (Lipinski definition) is 3. The summed E-state index contributed by atoms with van der Waals surface area (Å²) in [5, 5.41) is 2.91. The number of unbranched alkanes of at least 4 members (excludes halogenated alkanes) is 1. The molecule has 0 spiro atoms. The Labute approximate surface area is 125 Å². The van der Waals surface area contributed by atoms with Gasteiger partial charge in [-0.1, -0.05) is 31.6 Å². The molecule has 110 valence electrons. The second-order valence-electron chi connectivity index (χ2n) is 4.58. The van der Waals surface area contributed by atoms with Crippen molar-refractivity contribution in [3.8, 4) is 0 Å². The van der Waals surface area contributed by atoms with Gasteiger partial charge in [0.2, 0.25) is 0 Å². The van der Waals surface area contributed by atoms with E-state index >= 15 is 0 Å². The van der Waals surface area contributed by atoms with E-state index in [1.165, 1.54) is 0 Å². The largest absolute Gasteiger partial charge is 0.393 e. The fraction of sp³-hybridized carbons (Fsp3) is 0.500. The maximum Gasteiger partial charge on any atom is 0.317 e. The van der Waals surface area contributed by atoms with Crippen LogP contribution in [0.4, 0.5) is 4.79 Å². The first kappa shape index (κ1) is 16.4. The van der Waals surface area contributed by atoms with Crippen molar-refractivity contribution in [2.24, 2.45) is 5.73 Å². The lowest BCUT2D eigenvalue weighted by Crippen LogP contribution is -2.41. The van der Waals surface area contributed by atoms with Gasteiger partial charge in [0, 0.05) is 38.4 Å². The molecule has 0 saturated carbocycles. The van der Waals surface area contributed by atoms with Crippen molar-refractivity contribution < 1.29 is 4.79 Å². The number of carbonyl (C=O) groups excluding carboxylic acids is 1. The lowest BCUT2D eigenvalue weighted by atomic mass is 10.2. The summed E-state index contributed by atoms with van der Waals surface area (Å²) in [5.41, 5.74) is 6.50. The van der Waals surface area contributed by atoms with Gasteiger partial charge in [0.1, 0.15) is 0 Å². The average Bonchev–Trinajstić information content (AvgIpc) is 2.44. The second-order valence-corrected chi connectivity index (χ2v) is 5.11. The van der Waals surface area contributed by atoms with Crippen LogP contribution < -0.4 is 11.1 Å². The lowest BCUT2D eigenvalue weighted by molar-refractivity contribution is 0.196. The van der Waals surface area contributed by atoms with Gasteiger partial charge >= 0.3 is 6.03 Å². The molecule has 0 bridgehead atoms. The van der Waals surface area contributed by atoms with E-state index in [4.69, 9.17) is 18.0 Å². The first-order valence-electron chi connectivity index (χ1n) is 6.83. The highest BCUT2D eigenvalue weighted by molar-refractivity contribution is 7.80. The molecule has 3 N–H and O–H groups in total. The first-order chi connectivity index (χ1) is 9.63. The van der Waals surface area contributed by atoms with E-state index < -0.39 is 0 Å². The van der Waals surface area contributed by atoms with Gasteiger partial charge in [0.15, 0.2) is 0 Å². The number of nitrogens with two attached hydrogens (primary N) is 1. The Bertz CT molecular complexity index is 424. The molecule has 1 rings (SSSR count). The topological polar surface area (TPSA) is 71.2 Å². The molecule has 1 aromatic rings. The third-order valence-electron chi connectivity index (χ3n) is 2.82. The molecule has 0 fully saturated rings. The standard InChI is InChI=1S/C14H22N4OS/c1-2-3-8-17-14(19)18(9-6-13(15)20)11-12-5-4-7-16-10-12/h4-5,7,10H,2-3,6,8-9,11H2,1H3,(H2,15,20)(H,17,19). The van der Waals surface area contributed by atoms with Gasteiger partial charge in [-0.25, -0.2) is 4.79 Å². The van der Waals surface area contributed by atoms with Gasteiger partial charge < -0.3 is 16.0 Å². The number of pyridine rings is 1. The van der Waals surface area contributed by atoms with Crippen LogP contribution in [-0.2, 0) is 6.54 Å². The highest BCUT2D eigenvalue weighted by atomic mass is 32.1. The molecule has 6 heteroatoms. The molecule has 1 aromatic heterocycles. The minimum absolute atomic E-state index is 0.0847. The molecule has 0 unspecified atom stereocenters. The van der Waals surface area contributed by atoms with Crippen LogP contribution >= 0.6 is 12.2 Å². The van der Waals surface area contributed by atoms with Crippen LogP contribution in [0.3, 0.4) is 0 Å². The van der Waals surface area contributed by atoms with Crippen molar-refractivity contribution >= 4 is 23.2 Å². The van der Waals surface area contributed by atoms with Gasteiger partial charge in [-0.3, -0.25) is 4.98 Å². The third-order valence-corrected chi connectivity index (χ3v) is 3.02. The maximum absolute atomic E-state index is 12.1. The van der Waals surface area contributed by atoms with Gasteiger partial charge in [-0.05, 0) is 18.1 Å². The molecule has 2 amide bonds. The first-order valence-corrected chi connectivity index (χ1v) is 7.24. The molecular weight excluding hydrogens is 272 g/mol. The molecule has 1 heterocycles. The van der Waals surface area contributed by atoms with Crippen LogP contribution in [0.1, 0.15) is 31.7 Å². The molecule has 0 aliphatic carbocycles. The van der Waals surface area contributed by atoms with Gasteiger partial charge in [0.05, 0.1) is 4.99 Å². The molecule has 0 aliphatic rings. The van der Waals surface area contributed by atoms with Crippen molar-refractivity contribution in [1.82, 2.24) is 15.2 Å². The molecule has 0 saturated heterocycles. The summed E-state index contributed by atoms with van der Waals surface area (Å²) >= 11 is 4.88. The predicted molar refractivity (Wildman–Crippen MR) is 84.4 cm³/mol. The number of nitrogens with one attached hydrogen (secondary N) is 1. The van der Waals surface area contributed by atoms with Gasteiger partial charge in [-0.15, -0.1) is 0 Å². The summed E-state index contributed by atoms with van der Waals surface area (Å²) in [6.07, 6.45) is 6.02. The van der Waals surface area contributed by atoms with Crippen LogP contribution in [-0.4, -0.2) is 34.0 Å². The Hall–Kier alpha value is -1.69. The number of carbonyl (C=O) groups is 1. The van der Waals surface area contributed by atoms with E-state index in [2.05, 4.69) is 17.2 Å². The number of amides is 2. The highest BCUT2D eigenvalue weighted by Crippen LogP contribution is 2.04. The number of urea groups is 1. The Morgan fingerprint density at radius 1 is 1.55 bits per heavy atom. The van der Waals surface area contributed by atoms with Crippen LogP contribution in [0.25, 0.3) is 0 Å². The third kappa shape index (κ3) is 6.47. The molecule has 0 atom stereocenters. The van der Waals surface area contributed by atoms with E-state index in [1.54, 1.807) is 17.3 Å². The van der Waals surface area contributed by atoms with Crippen LogP contribution in [0.15, 0.2) is 24.5 Å². The number of thiocarbonyl (C=S) groups is 1. The van der Waals surface area contributed by atoms with Crippen molar-refractivity contribution in [2.75, 3.05) is 13.1 Å². The van der Waals surface area contributed by atoms with E-state index in [9.17, 15) is 4.79 Å². The summed E-state index contributed by atoms with van der Waals surface area (Å²) < 4.78 is 0. The highest BCUT2D eigenvalue weighted by Gasteiger charge is 2.13. The second kappa shape index (κ2) is 9.25. The van der Waals surface area contributed by atoms with E-state index in [1.807, 2.05) is 12.1 Å². The predicted octanol–water partition coefficient (Wildman–Crippen LogP) is 2.07. The Morgan fingerprint density at radius 2 is 2.35 bits per heavy atom. The summed E-state index contributed by atoms with van der Waals surface area (Å²) in [6.45, 7) is 3.80. The van der Waals surface area contributed by atoms with Crippen molar-refractivity contribution in [3.05, 3.63) is 30.1 Å². The molecule has 0 aromatic carbocycles. The fourth-order valence-electron chi connectivity index (χ4n) is 1.69. The Morgan fingerprint density at radius 3 is 2.95 bits per heavy atom. The van der Waals surface area contributed by atoms with Gasteiger partial charge in [0.25, 0.3) is 0 Å². The maximum atomic E-state index is 12.1. The number of rotatable bonds is 8. The SMILES string of the molecule is CCCCNC(=O)N(CCC(N)=S)Cc1cccnc1. The smallest absolute Gasteiger partial charge is 0.317 e. The van der Waals surface area contributed by atoms with E-state index in [-0.39, 0.29) is 6.03 Å². The molecule has 0 radical (unpaired) electrons. The summed E-state index contributed by atoms with van der Waals surface area (Å²) in [4.78, 5) is 18.3. The number of aromatic nitrogens is 1. The molecular formula is C14H22N4OS. The summed E-state index contributed by atoms with van der Waals surface area (Å²) in [7, 11) is 0. The lowest BCUT2D eigenvalue weighted by Gasteiger charge is -2.23. The molecule has 5 nitrogen and oxygen atoms in total. The number of nitrogens with zero attached hydrogens (tertiary/aromatic N) is 2. The van der Waals surface area contributed by atoms with Gasteiger partial charge in [-0.2, -0.15) is 0 Å². The normalized spacial score (nSPS) is 10.1. The van der Waals surface area contributed by atoms with Crippen LogP contribution in [0, 0.1) is 0 Å². The van der Waals surface area contributed by atoms with Crippen molar-refractivity contribution in [3.63, 3.8) is 0 Å². The quantitative estimate of drug-likeness (QED) is 0.569. The van der Waals surface area contributed by atoms with Crippen molar-refractivity contribution in [2.45, 2.75) is 32.7 Å². The minimum atomic E-state index is -0.0847. The summed E-state index contributed by atoms with van der Waals surface area (Å²) in [6, 6.07) is 3.72. The zero-order valence-electron chi connectivity index (χ0n) is 11.8. The minimum Gasteiger partial charge on any atom is -0.393 e. The Balaban J connectivity index is 2.59. The van der Waals surface area contributed by atoms with Crippen molar-refractivity contribution in [1.29, 1.82) is 0 Å². The summed E-state index contributed by atoms with van der Waals surface area (Å²) in [5.74, 6) is 0. The Kier molecular flexibility index (Phi) is 7.57. The van der Waals surface area contributed by atoms with E-state index in [0.29, 0.717) is 31.0 Å². The number of hydrogen-bond donors (Lipinski definition) is 2. The zero-order valence-corrected chi connectivity index (χ0v) is 12.7.